The van der Waals surface area contributed by atoms with E-state index in [0.717, 1.165) is 16.0 Å². The van der Waals surface area contributed by atoms with Gasteiger partial charge in [0, 0.05) is 18.0 Å². The zero-order valence-electron chi connectivity index (χ0n) is 13.7. The van der Waals surface area contributed by atoms with Crippen LogP contribution in [0.2, 0.25) is 0 Å². The third-order valence-corrected chi connectivity index (χ3v) is 5.10. The molecule has 6 nitrogen and oxygen atoms in total. The second kappa shape index (κ2) is 5.86. The summed E-state index contributed by atoms with van der Waals surface area (Å²) in [5.41, 5.74) is 2.30. The number of carbonyl (C=O) groups excluding carboxylic acids is 1. The number of benzene rings is 1. The Balaban J connectivity index is 2.06. The normalized spacial score (nSPS) is 11.3. The van der Waals surface area contributed by atoms with E-state index in [0.29, 0.717) is 11.0 Å². The molecule has 0 N–H and O–H groups in total. The van der Waals surface area contributed by atoms with E-state index in [1.165, 1.54) is 15.9 Å². The van der Waals surface area contributed by atoms with Gasteiger partial charge in [-0.15, -0.1) is 11.3 Å². The van der Waals surface area contributed by atoms with Crippen molar-refractivity contribution in [3.05, 3.63) is 58.1 Å². The number of carbonyl (C=O) groups is 1. The van der Waals surface area contributed by atoms with E-state index in [-0.39, 0.29) is 17.9 Å². The van der Waals surface area contributed by atoms with Gasteiger partial charge in [0.1, 0.15) is 11.2 Å². The molecule has 0 aliphatic heterocycles. The molecule has 3 aromatic heterocycles. The van der Waals surface area contributed by atoms with E-state index in [4.69, 9.17) is 4.74 Å². The average molecular weight is 353 g/mol. The Hall–Kier alpha value is -2.93. The average Bonchev–Trinajstić information content (AvgIpc) is 3.25. The van der Waals surface area contributed by atoms with Gasteiger partial charge in [-0.05, 0) is 12.5 Å². The standard InChI is InChI=1S/C18H15N3O3S/c1-3-24-18(23)14-15-20(2)16(22)13-12(11-7-5-4-6-8-11)9-25-17(13)21(15)10-19-14/h4-10H,3H2,1-2H3. The first kappa shape index (κ1) is 15.6. The van der Waals surface area contributed by atoms with Gasteiger partial charge in [0.15, 0.2) is 11.3 Å². The van der Waals surface area contributed by atoms with E-state index >= 15 is 0 Å². The van der Waals surface area contributed by atoms with Gasteiger partial charge in [-0.2, -0.15) is 0 Å². The molecule has 0 aliphatic rings. The molecule has 126 valence electrons. The molecular weight excluding hydrogens is 338 g/mol. The molecule has 0 unspecified atom stereocenters. The molecule has 25 heavy (non-hydrogen) atoms. The number of hydrogen-bond acceptors (Lipinski definition) is 5. The summed E-state index contributed by atoms with van der Waals surface area (Å²) in [4.78, 5) is 30.1. The maximum Gasteiger partial charge on any atom is 0.360 e. The minimum absolute atomic E-state index is 0.151. The van der Waals surface area contributed by atoms with Crippen LogP contribution in [0.5, 0.6) is 0 Å². The van der Waals surface area contributed by atoms with Crippen LogP contribution in [0.4, 0.5) is 0 Å². The second-order valence-corrected chi connectivity index (χ2v) is 6.43. The van der Waals surface area contributed by atoms with E-state index in [1.54, 1.807) is 24.7 Å². The van der Waals surface area contributed by atoms with Crippen molar-refractivity contribution < 1.29 is 9.53 Å². The van der Waals surface area contributed by atoms with Crippen LogP contribution in [-0.2, 0) is 11.8 Å². The minimum Gasteiger partial charge on any atom is -0.461 e. The zero-order chi connectivity index (χ0) is 17.6. The van der Waals surface area contributed by atoms with Gasteiger partial charge < -0.3 is 4.74 Å². The summed E-state index contributed by atoms with van der Waals surface area (Å²) in [6.45, 7) is 1.99. The largest absolute Gasteiger partial charge is 0.461 e. The van der Waals surface area contributed by atoms with E-state index in [1.807, 2.05) is 35.7 Å². The Kier molecular flexibility index (Phi) is 3.65. The van der Waals surface area contributed by atoms with Crippen LogP contribution in [-0.4, -0.2) is 26.5 Å². The summed E-state index contributed by atoms with van der Waals surface area (Å²) in [7, 11) is 1.65. The molecule has 0 bridgehead atoms. The molecule has 0 fully saturated rings. The number of imidazole rings is 1. The van der Waals surface area contributed by atoms with Crippen LogP contribution in [0, 0.1) is 0 Å². The third-order valence-electron chi connectivity index (χ3n) is 4.12. The van der Waals surface area contributed by atoms with Gasteiger partial charge in [0.2, 0.25) is 0 Å². The highest BCUT2D eigenvalue weighted by atomic mass is 32.1. The Morgan fingerprint density at radius 1 is 1.28 bits per heavy atom. The maximum atomic E-state index is 13.0. The number of ether oxygens (including phenoxy) is 1. The molecule has 0 spiro atoms. The van der Waals surface area contributed by atoms with Crippen LogP contribution in [0.15, 0.2) is 46.8 Å². The second-order valence-electron chi connectivity index (χ2n) is 5.57. The van der Waals surface area contributed by atoms with Gasteiger partial charge in [-0.1, -0.05) is 30.3 Å². The lowest BCUT2D eigenvalue weighted by molar-refractivity contribution is 0.0522. The molecular formula is C18H15N3O3S. The minimum atomic E-state index is -0.529. The lowest BCUT2D eigenvalue weighted by Crippen LogP contribution is -2.21. The van der Waals surface area contributed by atoms with E-state index in [9.17, 15) is 9.59 Å². The summed E-state index contributed by atoms with van der Waals surface area (Å²) in [6.07, 6.45) is 1.56. The highest BCUT2D eigenvalue weighted by molar-refractivity contribution is 7.17. The number of aromatic nitrogens is 3. The predicted octanol–water partition coefficient (Wildman–Crippen LogP) is 3.09. The predicted molar refractivity (Wildman–Crippen MR) is 97.2 cm³/mol. The first-order chi connectivity index (χ1) is 12.1. The molecule has 0 amide bonds. The SMILES string of the molecule is CCOC(=O)c1ncn2c3scc(-c4ccccc4)c3c(=O)n(C)c12. The van der Waals surface area contributed by atoms with Crippen LogP contribution in [0.1, 0.15) is 17.4 Å². The van der Waals surface area contributed by atoms with Gasteiger partial charge in [0.05, 0.1) is 12.0 Å². The van der Waals surface area contributed by atoms with Crippen molar-refractivity contribution in [2.24, 2.45) is 7.05 Å². The lowest BCUT2D eigenvalue weighted by Gasteiger charge is -2.07. The van der Waals surface area contributed by atoms with Gasteiger partial charge in [-0.3, -0.25) is 13.8 Å². The van der Waals surface area contributed by atoms with Crippen molar-refractivity contribution in [2.75, 3.05) is 6.61 Å². The Labute approximate surface area is 146 Å². The number of nitrogens with zero attached hydrogens (tertiary/aromatic N) is 3. The van der Waals surface area contributed by atoms with Crippen LogP contribution in [0.3, 0.4) is 0 Å². The molecule has 0 atom stereocenters. The highest BCUT2D eigenvalue weighted by Gasteiger charge is 2.22. The topological polar surface area (TPSA) is 65.6 Å². The molecule has 4 aromatic rings. The first-order valence-electron chi connectivity index (χ1n) is 7.83. The fraction of sp³-hybridized carbons (Fsp3) is 0.167. The monoisotopic (exact) mass is 353 g/mol. The number of rotatable bonds is 3. The third kappa shape index (κ3) is 2.27. The first-order valence-corrected chi connectivity index (χ1v) is 8.71. The van der Waals surface area contributed by atoms with Crippen molar-refractivity contribution in [1.82, 2.24) is 14.0 Å². The molecule has 0 saturated carbocycles. The summed E-state index contributed by atoms with van der Waals surface area (Å²) in [5, 5.41) is 2.59. The lowest BCUT2D eigenvalue weighted by atomic mass is 10.1. The van der Waals surface area contributed by atoms with E-state index < -0.39 is 5.97 Å². The fourth-order valence-corrected chi connectivity index (χ4v) is 4.03. The summed E-state index contributed by atoms with van der Waals surface area (Å²) in [5.74, 6) is -0.529. The Morgan fingerprint density at radius 2 is 2.04 bits per heavy atom. The van der Waals surface area contributed by atoms with Crippen molar-refractivity contribution in [3.63, 3.8) is 0 Å². The van der Waals surface area contributed by atoms with Crippen LogP contribution < -0.4 is 5.56 Å². The zero-order valence-corrected chi connectivity index (χ0v) is 14.5. The quantitative estimate of drug-likeness (QED) is 0.531. The number of aryl methyl sites for hydroxylation is 1. The number of esters is 1. The van der Waals surface area contributed by atoms with Crippen molar-refractivity contribution in [2.45, 2.75) is 6.92 Å². The fourth-order valence-electron chi connectivity index (χ4n) is 2.98. The number of hydrogen-bond donors (Lipinski definition) is 0. The maximum absolute atomic E-state index is 13.0. The molecule has 4 rings (SSSR count). The smallest absolute Gasteiger partial charge is 0.360 e. The number of fused-ring (bicyclic) bond motifs is 3. The molecule has 0 aliphatic carbocycles. The van der Waals surface area contributed by atoms with Crippen molar-refractivity contribution in [1.29, 1.82) is 0 Å². The van der Waals surface area contributed by atoms with Crippen molar-refractivity contribution in [3.8, 4) is 11.1 Å². The van der Waals surface area contributed by atoms with Crippen LogP contribution >= 0.6 is 11.3 Å². The highest BCUT2D eigenvalue weighted by Crippen LogP contribution is 2.32. The molecule has 0 saturated heterocycles. The van der Waals surface area contributed by atoms with Gasteiger partial charge in [-0.25, -0.2) is 9.78 Å². The van der Waals surface area contributed by atoms with Gasteiger partial charge >= 0.3 is 5.97 Å². The Bertz CT molecular complexity index is 1160. The molecule has 0 radical (unpaired) electrons. The number of thiophene rings is 1. The van der Waals surface area contributed by atoms with Crippen molar-refractivity contribution >= 4 is 33.2 Å². The molecule has 3 heterocycles. The summed E-state index contributed by atoms with van der Waals surface area (Å²) >= 11 is 1.46. The Morgan fingerprint density at radius 3 is 2.76 bits per heavy atom. The summed E-state index contributed by atoms with van der Waals surface area (Å²) in [6, 6.07) is 9.78. The molecule has 7 heteroatoms. The van der Waals surface area contributed by atoms with Crippen LogP contribution in [0.25, 0.3) is 27.0 Å². The summed E-state index contributed by atoms with van der Waals surface area (Å²) < 4.78 is 8.29. The van der Waals surface area contributed by atoms with E-state index in [2.05, 4.69) is 4.98 Å². The molecule has 1 aromatic carbocycles. The van der Waals surface area contributed by atoms with Gasteiger partial charge in [0.25, 0.3) is 5.56 Å².